The molecule has 2 aromatic heterocycles. The zero-order valence-corrected chi connectivity index (χ0v) is 14.9. The summed E-state index contributed by atoms with van der Waals surface area (Å²) < 4.78 is 1.64. The number of carbonyl (C=O) groups is 1. The van der Waals surface area contributed by atoms with Gasteiger partial charge >= 0.3 is 5.97 Å². The second-order valence-electron chi connectivity index (χ2n) is 6.76. The fourth-order valence-electron chi connectivity index (χ4n) is 3.37. The quantitative estimate of drug-likeness (QED) is 0.844. The Labute approximate surface area is 146 Å². The van der Waals surface area contributed by atoms with E-state index in [9.17, 15) is 9.90 Å². The van der Waals surface area contributed by atoms with Gasteiger partial charge in [0.1, 0.15) is 5.82 Å². The highest BCUT2D eigenvalue weighted by atomic mass is 16.4. The maximum atomic E-state index is 11.3. The predicted octanol–water partition coefficient (Wildman–Crippen LogP) is 0.674. The minimum Gasteiger partial charge on any atom is -0.481 e. The molecule has 1 aliphatic heterocycles. The number of aryl methyl sites for hydroxylation is 2. The van der Waals surface area contributed by atoms with Gasteiger partial charge in [-0.2, -0.15) is 4.98 Å². The van der Waals surface area contributed by atoms with Crippen LogP contribution in [0.3, 0.4) is 0 Å². The average Bonchev–Trinajstić information content (AvgIpc) is 3.13. The molecule has 2 aromatic rings. The highest BCUT2D eigenvalue weighted by molar-refractivity contribution is 5.67. The summed E-state index contributed by atoms with van der Waals surface area (Å²) in [5.41, 5.74) is 1.82. The molecule has 1 N–H and O–H groups in total. The summed E-state index contributed by atoms with van der Waals surface area (Å²) in [6.45, 7) is 3.19. The lowest BCUT2D eigenvalue weighted by Crippen LogP contribution is -2.24. The number of nitrogens with zero attached hydrogens (tertiary/aromatic N) is 7. The minimum atomic E-state index is -0.806. The van der Waals surface area contributed by atoms with E-state index in [-0.39, 0.29) is 18.3 Å². The lowest BCUT2D eigenvalue weighted by atomic mass is 9.91. The molecule has 0 unspecified atom stereocenters. The van der Waals surface area contributed by atoms with Gasteiger partial charge in [0.05, 0.1) is 12.1 Å². The van der Waals surface area contributed by atoms with Crippen molar-refractivity contribution in [3.63, 3.8) is 0 Å². The van der Waals surface area contributed by atoms with Crippen LogP contribution in [-0.4, -0.2) is 63.2 Å². The van der Waals surface area contributed by atoms with E-state index in [1.165, 1.54) is 0 Å². The van der Waals surface area contributed by atoms with Crippen molar-refractivity contribution in [3.8, 4) is 0 Å². The Hall–Kier alpha value is -2.71. The third-order valence-electron chi connectivity index (χ3n) is 4.52. The Balaban J connectivity index is 1.88. The van der Waals surface area contributed by atoms with E-state index in [1.54, 1.807) is 10.9 Å². The number of hydrogen-bond acceptors (Lipinski definition) is 7. The van der Waals surface area contributed by atoms with Crippen LogP contribution in [0.5, 0.6) is 0 Å². The number of aliphatic carboxylic acids is 1. The van der Waals surface area contributed by atoms with Gasteiger partial charge in [-0.05, 0) is 12.8 Å². The van der Waals surface area contributed by atoms with E-state index in [0.29, 0.717) is 19.0 Å². The van der Waals surface area contributed by atoms with E-state index in [4.69, 9.17) is 0 Å². The molecule has 0 spiro atoms. The van der Waals surface area contributed by atoms with Crippen LogP contribution in [-0.2, 0) is 11.8 Å². The van der Waals surface area contributed by atoms with E-state index in [2.05, 4.69) is 20.3 Å². The molecule has 3 heterocycles. The van der Waals surface area contributed by atoms with Crippen LogP contribution in [0.2, 0.25) is 0 Å². The molecule has 9 nitrogen and oxygen atoms in total. The Morgan fingerprint density at radius 1 is 1.40 bits per heavy atom. The molecule has 0 bridgehead atoms. The maximum absolute atomic E-state index is 11.3. The molecule has 0 saturated carbocycles. The molecule has 1 aliphatic rings. The number of rotatable bonds is 5. The predicted molar refractivity (Wildman–Crippen MR) is 92.8 cm³/mol. The average molecular weight is 345 g/mol. The number of hydrogen-bond donors (Lipinski definition) is 1. The summed E-state index contributed by atoms with van der Waals surface area (Å²) in [5.74, 6) is 0.623. The van der Waals surface area contributed by atoms with E-state index in [1.807, 2.05) is 44.1 Å². The van der Waals surface area contributed by atoms with Gasteiger partial charge in [-0.3, -0.25) is 9.48 Å². The molecule has 2 atom stereocenters. The van der Waals surface area contributed by atoms with E-state index in [0.717, 1.165) is 17.1 Å². The Morgan fingerprint density at radius 3 is 2.76 bits per heavy atom. The van der Waals surface area contributed by atoms with Crippen molar-refractivity contribution >= 4 is 17.7 Å². The number of carboxylic acid groups (broad SMARTS) is 1. The number of carboxylic acids is 1. The number of aromatic nitrogens is 5. The van der Waals surface area contributed by atoms with Crippen molar-refractivity contribution in [3.05, 3.63) is 23.7 Å². The molecule has 25 heavy (non-hydrogen) atoms. The molecular weight excluding hydrogens is 322 g/mol. The molecule has 0 radical (unpaired) electrons. The fourth-order valence-corrected chi connectivity index (χ4v) is 3.37. The first-order valence-electron chi connectivity index (χ1n) is 8.19. The summed E-state index contributed by atoms with van der Waals surface area (Å²) in [4.78, 5) is 24.4. The largest absolute Gasteiger partial charge is 0.481 e. The topological polar surface area (TPSA) is 100 Å². The molecule has 9 heteroatoms. The standard InChI is InChI=1S/C16H23N7O2/c1-10-6-17-16(18-15(10)21(2)3)23-7-11(5-14(24)25)12(8-23)13-9-22(4)20-19-13/h6,9,11-12H,5,7-8H2,1-4H3,(H,24,25)/t11-,12+/m0/s1. The molecular formula is C16H23N7O2. The normalized spacial score (nSPS) is 20.1. The van der Waals surface area contributed by atoms with Crippen LogP contribution in [0.15, 0.2) is 12.4 Å². The lowest BCUT2D eigenvalue weighted by Gasteiger charge is -2.20. The highest BCUT2D eigenvalue weighted by Crippen LogP contribution is 2.35. The Bertz CT molecular complexity index is 774. The smallest absolute Gasteiger partial charge is 0.303 e. The summed E-state index contributed by atoms with van der Waals surface area (Å²) in [6.07, 6.45) is 3.74. The molecule has 1 fully saturated rings. The van der Waals surface area contributed by atoms with Crippen molar-refractivity contribution in [1.29, 1.82) is 0 Å². The van der Waals surface area contributed by atoms with Crippen molar-refractivity contribution in [1.82, 2.24) is 25.0 Å². The Kier molecular flexibility index (Phi) is 4.56. The molecule has 0 aromatic carbocycles. The van der Waals surface area contributed by atoms with Crippen LogP contribution in [0.4, 0.5) is 11.8 Å². The van der Waals surface area contributed by atoms with Gasteiger partial charge in [0.2, 0.25) is 5.95 Å². The van der Waals surface area contributed by atoms with Crippen LogP contribution in [0, 0.1) is 12.8 Å². The van der Waals surface area contributed by atoms with E-state index >= 15 is 0 Å². The van der Waals surface area contributed by atoms with E-state index < -0.39 is 5.97 Å². The van der Waals surface area contributed by atoms with Gasteiger partial charge in [-0.1, -0.05) is 5.21 Å². The third kappa shape index (κ3) is 3.54. The molecule has 0 amide bonds. The van der Waals surface area contributed by atoms with Gasteiger partial charge in [0.25, 0.3) is 0 Å². The van der Waals surface area contributed by atoms with Crippen molar-refractivity contribution < 1.29 is 9.90 Å². The molecule has 3 rings (SSSR count). The minimum absolute atomic E-state index is 0.00231. The fraction of sp³-hybridized carbons (Fsp3) is 0.562. The first-order chi connectivity index (χ1) is 11.8. The van der Waals surface area contributed by atoms with Gasteiger partial charge < -0.3 is 14.9 Å². The van der Waals surface area contributed by atoms with Crippen molar-refractivity contribution in [2.75, 3.05) is 37.0 Å². The van der Waals surface area contributed by atoms with Gasteiger partial charge in [0.15, 0.2) is 0 Å². The zero-order valence-electron chi connectivity index (χ0n) is 14.9. The van der Waals surface area contributed by atoms with Crippen molar-refractivity contribution in [2.24, 2.45) is 13.0 Å². The Morgan fingerprint density at radius 2 is 2.16 bits per heavy atom. The summed E-state index contributed by atoms with van der Waals surface area (Å²) in [5, 5.41) is 17.4. The second kappa shape index (κ2) is 6.66. The zero-order chi connectivity index (χ0) is 18.1. The first-order valence-corrected chi connectivity index (χ1v) is 8.19. The maximum Gasteiger partial charge on any atom is 0.303 e. The molecule has 1 saturated heterocycles. The SMILES string of the molecule is Cc1cnc(N2C[C@H](CC(=O)O)[C@H](c3cn(C)nn3)C2)nc1N(C)C. The van der Waals surface area contributed by atoms with Crippen LogP contribution in [0.1, 0.15) is 23.6 Å². The van der Waals surface area contributed by atoms with Gasteiger partial charge in [-0.15, -0.1) is 5.10 Å². The lowest BCUT2D eigenvalue weighted by molar-refractivity contribution is -0.138. The number of anilines is 2. The first kappa shape index (κ1) is 17.1. The van der Waals surface area contributed by atoms with Crippen LogP contribution < -0.4 is 9.80 Å². The highest BCUT2D eigenvalue weighted by Gasteiger charge is 2.38. The van der Waals surface area contributed by atoms with Crippen molar-refractivity contribution in [2.45, 2.75) is 19.3 Å². The summed E-state index contributed by atoms with van der Waals surface area (Å²) in [6, 6.07) is 0. The van der Waals surface area contributed by atoms with Crippen LogP contribution >= 0.6 is 0 Å². The molecule has 134 valence electrons. The summed E-state index contributed by atoms with van der Waals surface area (Å²) >= 11 is 0. The van der Waals surface area contributed by atoms with Crippen LogP contribution in [0.25, 0.3) is 0 Å². The third-order valence-corrected chi connectivity index (χ3v) is 4.52. The van der Waals surface area contributed by atoms with Gasteiger partial charge in [0, 0.05) is 58.1 Å². The monoisotopic (exact) mass is 345 g/mol. The summed E-state index contributed by atoms with van der Waals surface area (Å²) in [7, 11) is 5.69. The molecule has 0 aliphatic carbocycles. The van der Waals surface area contributed by atoms with Gasteiger partial charge in [-0.25, -0.2) is 4.98 Å². The second-order valence-corrected chi connectivity index (χ2v) is 6.76.